The van der Waals surface area contributed by atoms with Gasteiger partial charge in [-0.15, -0.1) is 0 Å². The van der Waals surface area contributed by atoms with E-state index in [0.717, 1.165) is 13.0 Å². The average molecular weight is 386 g/mol. The van der Waals surface area contributed by atoms with Gasteiger partial charge in [-0.25, -0.2) is 0 Å². The summed E-state index contributed by atoms with van der Waals surface area (Å²) in [5.41, 5.74) is 0. The Hall–Kier alpha value is -0.420. The van der Waals surface area contributed by atoms with Crippen LogP contribution in [0.4, 0.5) is 0 Å². The van der Waals surface area contributed by atoms with E-state index in [1.165, 1.54) is 83.5 Å². The van der Waals surface area contributed by atoms with Crippen LogP contribution in [0.15, 0.2) is 12.2 Å². The van der Waals surface area contributed by atoms with Crippen LogP contribution in [-0.4, -0.2) is 49.2 Å². The maximum atomic E-state index is 9.64. The smallest absolute Gasteiger partial charge is 0.0897 e. The Bertz CT molecular complexity index is 297. The zero-order valence-electron chi connectivity index (χ0n) is 18.0. The van der Waals surface area contributed by atoms with Gasteiger partial charge in [0.05, 0.1) is 19.3 Å². The number of unbranched alkanes of at least 4 members (excludes halogenated alkanes) is 12. The molecule has 1 unspecified atom stereocenters. The normalized spacial score (nSPS) is 12.9. The van der Waals surface area contributed by atoms with E-state index >= 15 is 0 Å². The van der Waals surface area contributed by atoms with E-state index in [1.54, 1.807) is 0 Å². The first-order valence-corrected chi connectivity index (χ1v) is 11.5. The van der Waals surface area contributed by atoms with Gasteiger partial charge >= 0.3 is 0 Å². The number of rotatable bonds is 22. The summed E-state index contributed by atoms with van der Waals surface area (Å²) in [4.78, 5) is 0. The second-order valence-corrected chi connectivity index (χ2v) is 7.59. The summed E-state index contributed by atoms with van der Waals surface area (Å²) in [6.07, 6.45) is 22.6. The first-order chi connectivity index (χ1) is 13.3. The molecule has 0 amide bonds. The molecule has 0 aromatic heterocycles. The molecule has 4 nitrogen and oxygen atoms in total. The first kappa shape index (κ1) is 26.6. The Morgan fingerprint density at radius 1 is 0.815 bits per heavy atom. The molecule has 0 radical (unpaired) electrons. The van der Waals surface area contributed by atoms with Gasteiger partial charge in [-0.3, -0.25) is 0 Å². The van der Waals surface area contributed by atoms with Gasteiger partial charge in [0.15, 0.2) is 0 Å². The Labute approximate surface area is 168 Å². The third-order valence-electron chi connectivity index (χ3n) is 4.78. The average Bonchev–Trinajstić information content (AvgIpc) is 2.67. The van der Waals surface area contributed by atoms with Crippen molar-refractivity contribution in [1.29, 1.82) is 0 Å². The van der Waals surface area contributed by atoms with Crippen molar-refractivity contribution in [3.63, 3.8) is 0 Å². The summed E-state index contributed by atoms with van der Waals surface area (Å²) in [5, 5.41) is 21.2. The second kappa shape index (κ2) is 23.6. The highest BCUT2D eigenvalue weighted by molar-refractivity contribution is 4.81. The van der Waals surface area contributed by atoms with Gasteiger partial charge in [0.2, 0.25) is 0 Å². The van der Waals surface area contributed by atoms with Crippen LogP contribution in [0.2, 0.25) is 0 Å². The number of hydrogen-bond acceptors (Lipinski definition) is 4. The lowest BCUT2D eigenvalue weighted by molar-refractivity contribution is 0.0350. The van der Waals surface area contributed by atoms with E-state index in [1.807, 2.05) is 0 Å². The van der Waals surface area contributed by atoms with Crippen molar-refractivity contribution in [2.24, 2.45) is 0 Å². The number of aliphatic hydroxyl groups is 2. The molecule has 0 rings (SSSR count). The van der Waals surface area contributed by atoms with Gasteiger partial charge in [0.25, 0.3) is 0 Å². The summed E-state index contributed by atoms with van der Waals surface area (Å²) < 4.78 is 5.48. The zero-order valence-corrected chi connectivity index (χ0v) is 18.0. The van der Waals surface area contributed by atoms with E-state index in [4.69, 9.17) is 9.84 Å². The van der Waals surface area contributed by atoms with Crippen molar-refractivity contribution in [3.8, 4) is 0 Å². The largest absolute Gasteiger partial charge is 0.395 e. The molecule has 0 saturated heterocycles. The van der Waals surface area contributed by atoms with E-state index in [0.29, 0.717) is 19.7 Å². The molecule has 4 heteroatoms. The molecule has 0 aliphatic heterocycles. The number of aliphatic hydroxyl groups excluding tert-OH is 2. The van der Waals surface area contributed by atoms with Crippen molar-refractivity contribution >= 4 is 0 Å². The summed E-state index contributed by atoms with van der Waals surface area (Å²) in [6, 6.07) is 0. The zero-order chi connectivity index (χ0) is 19.8. The van der Waals surface area contributed by atoms with Gasteiger partial charge in [-0.05, 0) is 32.1 Å². The lowest BCUT2D eigenvalue weighted by Gasteiger charge is -2.11. The predicted octanol–water partition coefficient (Wildman–Crippen LogP) is 4.98. The molecule has 0 aromatic rings. The van der Waals surface area contributed by atoms with Gasteiger partial charge in [0, 0.05) is 19.7 Å². The van der Waals surface area contributed by atoms with Gasteiger partial charge < -0.3 is 20.3 Å². The number of allylic oxidation sites excluding steroid dienone is 2. The summed E-state index contributed by atoms with van der Waals surface area (Å²) in [5.74, 6) is 0. The number of ether oxygens (including phenoxy) is 1. The maximum absolute atomic E-state index is 9.64. The van der Waals surface area contributed by atoms with Gasteiger partial charge in [0.1, 0.15) is 0 Å². The molecule has 0 heterocycles. The molecular formula is C23H47NO3. The third-order valence-corrected chi connectivity index (χ3v) is 4.78. The molecule has 0 aliphatic carbocycles. The molecule has 0 spiro atoms. The Morgan fingerprint density at radius 2 is 1.37 bits per heavy atom. The molecule has 1 atom stereocenters. The SMILES string of the molecule is CCCCCCCC/C=C/CCCCCCCCOCC(O)CNCCO. The monoisotopic (exact) mass is 385 g/mol. The molecular weight excluding hydrogens is 338 g/mol. The van der Waals surface area contributed by atoms with Crippen LogP contribution in [0.5, 0.6) is 0 Å². The van der Waals surface area contributed by atoms with E-state index < -0.39 is 6.10 Å². The van der Waals surface area contributed by atoms with Gasteiger partial charge in [-0.1, -0.05) is 76.9 Å². The summed E-state index contributed by atoms with van der Waals surface area (Å²) >= 11 is 0. The molecule has 162 valence electrons. The van der Waals surface area contributed by atoms with E-state index in [2.05, 4.69) is 24.4 Å². The highest BCUT2D eigenvalue weighted by atomic mass is 16.5. The fourth-order valence-corrected chi connectivity index (χ4v) is 3.08. The van der Waals surface area contributed by atoms with Crippen LogP contribution in [0.25, 0.3) is 0 Å². The van der Waals surface area contributed by atoms with Crippen molar-refractivity contribution in [1.82, 2.24) is 5.32 Å². The lowest BCUT2D eigenvalue weighted by Crippen LogP contribution is -2.32. The van der Waals surface area contributed by atoms with Crippen LogP contribution >= 0.6 is 0 Å². The minimum Gasteiger partial charge on any atom is -0.395 e. The molecule has 0 fully saturated rings. The van der Waals surface area contributed by atoms with Crippen LogP contribution < -0.4 is 5.32 Å². The fourth-order valence-electron chi connectivity index (χ4n) is 3.08. The topological polar surface area (TPSA) is 61.7 Å². The molecule has 0 aromatic carbocycles. The minimum absolute atomic E-state index is 0.100. The van der Waals surface area contributed by atoms with E-state index in [9.17, 15) is 5.11 Å². The van der Waals surface area contributed by atoms with Crippen molar-refractivity contribution in [2.45, 2.75) is 103 Å². The van der Waals surface area contributed by atoms with E-state index in [-0.39, 0.29) is 6.61 Å². The fraction of sp³-hybridized carbons (Fsp3) is 0.913. The second-order valence-electron chi connectivity index (χ2n) is 7.59. The third kappa shape index (κ3) is 23.5. The summed E-state index contributed by atoms with van der Waals surface area (Å²) in [7, 11) is 0. The van der Waals surface area contributed by atoms with Crippen molar-refractivity contribution in [3.05, 3.63) is 12.2 Å². The Balaban J connectivity index is 3.13. The van der Waals surface area contributed by atoms with Crippen LogP contribution in [0.1, 0.15) is 96.8 Å². The first-order valence-electron chi connectivity index (χ1n) is 11.5. The van der Waals surface area contributed by atoms with Gasteiger partial charge in [-0.2, -0.15) is 0 Å². The van der Waals surface area contributed by atoms with Crippen molar-refractivity contribution < 1.29 is 14.9 Å². The highest BCUT2D eigenvalue weighted by Gasteiger charge is 2.02. The number of nitrogens with one attached hydrogen (secondary N) is 1. The number of hydrogen-bond donors (Lipinski definition) is 3. The Kier molecular flexibility index (Phi) is 23.3. The summed E-state index contributed by atoms with van der Waals surface area (Å²) in [6.45, 7) is 4.48. The molecule has 3 N–H and O–H groups in total. The lowest BCUT2D eigenvalue weighted by atomic mass is 10.1. The quantitative estimate of drug-likeness (QED) is 0.182. The van der Waals surface area contributed by atoms with Crippen molar-refractivity contribution in [2.75, 3.05) is 32.9 Å². The molecule has 0 bridgehead atoms. The van der Waals surface area contributed by atoms with Crippen LogP contribution in [0.3, 0.4) is 0 Å². The minimum atomic E-state index is -0.481. The van der Waals surface area contributed by atoms with Crippen LogP contribution in [-0.2, 0) is 4.74 Å². The predicted molar refractivity (Wildman–Crippen MR) is 116 cm³/mol. The Morgan fingerprint density at radius 3 is 1.96 bits per heavy atom. The standard InChI is InChI=1S/C23H47NO3/c1-2-3-4-5-6-7-8-9-10-11-12-13-14-15-16-17-20-27-22-23(26)21-24-18-19-25/h9-10,23-26H,2-8,11-22H2,1H3/b10-9+. The van der Waals surface area contributed by atoms with Crippen LogP contribution in [0, 0.1) is 0 Å². The molecule has 0 aliphatic rings. The molecule has 0 saturated carbocycles. The highest BCUT2D eigenvalue weighted by Crippen LogP contribution is 2.10. The maximum Gasteiger partial charge on any atom is 0.0897 e. The molecule has 27 heavy (non-hydrogen) atoms.